The predicted octanol–water partition coefficient (Wildman–Crippen LogP) is 4.47. The van der Waals surface area contributed by atoms with E-state index >= 15 is 0 Å². The van der Waals surface area contributed by atoms with Crippen LogP contribution in [0.5, 0.6) is 11.5 Å². The molecule has 0 aliphatic carbocycles. The van der Waals surface area contributed by atoms with Gasteiger partial charge in [0.1, 0.15) is 16.4 Å². The lowest BCUT2D eigenvalue weighted by atomic mass is 10.3. The number of benzene rings is 2. The van der Waals surface area contributed by atoms with E-state index in [1.54, 1.807) is 42.5 Å². The zero-order chi connectivity index (χ0) is 21.0. The number of ether oxygens (including phenoxy) is 2. The number of sulfonamides is 1. The Morgan fingerprint density at radius 3 is 2.24 bits per heavy atom. The number of halogens is 1. The first-order chi connectivity index (χ1) is 13.8. The van der Waals surface area contributed by atoms with Gasteiger partial charge in [0, 0.05) is 11.4 Å². The van der Waals surface area contributed by atoms with E-state index in [1.165, 1.54) is 26.4 Å². The van der Waals surface area contributed by atoms with Crippen LogP contribution in [0.15, 0.2) is 59.5 Å². The minimum atomic E-state index is -3.98. The highest BCUT2D eigenvalue weighted by Crippen LogP contribution is 2.30. The second-order valence-electron chi connectivity index (χ2n) is 5.76. The summed E-state index contributed by atoms with van der Waals surface area (Å²) in [5.41, 5.74) is 0.658. The van der Waals surface area contributed by atoms with Crippen molar-refractivity contribution in [2.75, 3.05) is 24.3 Å². The van der Waals surface area contributed by atoms with Crippen LogP contribution in [0.25, 0.3) is 0 Å². The molecular formula is C19H17ClN2O5S2. The van der Waals surface area contributed by atoms with Gasteiger partial charge < -0.3 is 14.8 Å². The standard InChI is InChI=1S/C19H17ClN2O5S2/c1-26-14-6-3-12(4-7-14)22-29(24,25)17-11-13(5-8-15(17)27-2)21-19(23)16-9-10-18(20)28-16/h3-11,22H,1-2H3,(H,21,23). The Morgan fingerprint density at radius 1 is 0.966 bits per heavy atom. The number of nitrogens with one attached hydrogen (secondary N) is 2. The van der Waals surface area contributed by atoms with E-state index in [2.05, 4.69) is 10.0 Å². The topological polar surface area (TPSA) is 93.7 Å². The molecule has 1 aromatic heterocycles. The monoisotopic (exact) mass is 452 g/mol. The molecule has 2 aromatic carbocycles. The Labute approximate surface area is 177 Å². The van der Waals surface area contributed by atoms with Crippen LogP contribution in [0, 0.1) is 0 Å². The third kappa shape index (κ3) is 5.00. The maximum atomic E-state index is 12.9. The van der Waals surface area contributed by atoms with Gasteiger partial charge >= 0.3 is 0 Å². The molecule has 7 nitrogen and oxygen atoms in total. The van der Waals surface area contributed by atoms with Gasteiger partial charge in [0.25, 0.3) is 15.9 Å². The fraction of sp³-hybridized carbons (Fsp3) is 0.105. The number of amides is 1. The fourth-order valence-electron chi connectivity index (χ4n) is 2.46. The molecule has 0 fully saturated rings. The van der Waals surface area contributed by atoms with Crippen molar-refractivity contribution in [2.24, 2.45) is 0 Å². The number of thiophene rings is 1. The average molecular weight is 453 g/mol. The summed E-state index contributed by atoms with van der Waals surface area (Å²) in [7, 11) is -1.09. The highest BCUT2D eigenvalue weighted by Gasteiger charge is 2.21. The molecule has 3 rings (SSSR count). The summed E-state index contributed by atoms with van der Waals surface area (Å²) in [5, 5.41) is 2.66. The summed E-state index contributed by atoms with van der Waals surface area (Å²) in [6.45, 7) is 0. The Kier molecular flexibility index (Phi) is 6.31. The molecule has 152 valence electrons. The Hall–Kier alpha value is -2.75. The second-order valence-corrected chi connectivity index (χ2v) is 9.12. The smallest absolute Gasteiger partial charge is 0.265 e. The van der Waals surface area contributed by atoms with E-state index in [4.69, 9.17) is 21.1 Å². The quantitative estimate of drug-likeness (QED) is 0.551. The summed E-state index contributed by atoms with van der Waals surface area (Å²) >= 11 is 6.98. The van der Waals surface area contributed by atoms with Gasteiger partial charge in [-0.05, 0) is 54.6 Å². The van der Waals surface area contributed by atoms with E-state index in [-0.39, 0.29) is 10.6 Å². The Bertz CT molecular complexity index is 1130. The first-order valence-electron chi connectivity index (χ1n) is 8.24. The number of carbonyl (C=O) groups excluding carboxylic acids is 1. The fourth-order valence-corrected chi connectivity index (χ4v) is 4.66. The van der Waals surface area contributed by atoms with Gasteiger partial charge in [0.2, 0.25) is 0 Å². The molecule has 1 heterocycles. The van der Waals surface area contributed by atoms with Crippen LogP contribution in [0.4, 0.5) is 11.4 Å². The highest BCUT2D eigenvalue weighted by molar-refractivity contribution is 7.92. The minimum Gasteiger partial charge on any atom is -0.497 e. The van der Waals surface area contributed by atoms with Gasteiger partial charge in [0.15, 0.2) is 0 Å². The van der Waals surface area contributed by atoms with Crippen LogP contribution in [-0.2, 0) is 10.0 Å². The zero-order valence-electron chi connectivity index (χ0n) is 15.4. The number of anilines is 2. The number of carbonyl (C=O) groups is 1. The first kappa shape index (κ1) is 21.0. The van der Waals surface area contributed by atoms with Crippen molar-refractivity contribution < 1.29 is 22.7 Å². The third-order valence-electron chi connectivity index (χ3n) is 3.85. The lowest BCUT2D eigenvalue weighted by molar-refractivity contribution is 0.103. The predicted molar refractivity (Wildman–Crippen MR) is 114 cm³/mol. The van der Waals surface area contributed by atoms with E-state index in [0.717, 1.165) is 11.3 Å². The van der Waals surface area contributed by atoms with Gasteiger partial charge in [-0.25, -0.2) is 8.42 Å². The Morgan fingerprint density at radius 2 is 1.66 bits per heavy atom. The van der Waals surface area contributed by atoms with Crippen molar-refractivity contribution in [1.29, 1.82) is 0 Å². The molecule has 0 saturated carbocycles. The summed E-state index contributed by atoms with van der Waals surface area (Å²) in [6.07, 6.45) is 0. The maximum Gasteiger partial charge on any atom is 0.265 e. The second kappa shape index (κ2) is 8.73. The molecule has 0 unspecified atom stereocenters. The van der Waals surface area contributed by atoms with Crippen LogP contribution < -0.4 is 19.5 Å². The molecule has 0 aliphatic heterocycles. The van der Waals surface area contributed by atoms with Crippen molar-refractivity contribution in [3.63, 3.8) is 0 Å². The van der Waals surface area contributed by atoms with Crippen molar-refractivity contribution >= 4 is 50.2 Å². The highest BCUT2D eigenvalue weighted by atomic mass is 35.5. The van der Waals surface area contributed by atoms with E-state index in [1.807, 2.05) is 0 Å². The van der Waals surface area contributed by atoms with Crippen molar-refractivity contribution in [2.45, 2.75) is 4.90 Å². The number of hydrogen-bond acceptors (Lipinski definition) is 6. The first-order valence-corrected chi connectivity index (χ1v) is 10.9. The van der Waals surface area contributed by atoms with E-state index < -0.39 is 15.9 Å². The zero-order valence-corrected chi connectivity index (χ0v) is 17.8. The number of methoxy groups -OCH3 is 2. The van der Waals surface area contributed by atoms with Crippen molar-refractivity contribution in [3.8, 4) is 11.5 Å². The molecule has 0 bridgehead atoms. The normalized spacial score (nSPS) is 11.0. The molecule has 1 amide bonds. The molecule has 2 N–H and O–H groups in total. The molecule has 0 saturated heterocycles. The van der Waals surface area contributed by atoms with Gasteiger partial charge in [0.05, 0.1) is 23.4 Å². The number of rotatable bonds is 7. The molecule has 0 aliphatic rings. The van der Waals surface area contributed by atoms with Crippen molar-refractivity contribution in [1.82, 2.24) is 0 Å². The lowest BCUT2D eigenvalue weighted by Crippen LogP contribution is -2.15. The molecular weight excluding hydrogens is 436 g/mol. The molecule has 10 heteroatoms. The van der Waals surface area contributed by atoms with Crippen LogP contribution in [0.1, 0.15) is 9.67 Å². The van der Waals surface area contributed by atoms with Gasteiger partial charge in [-0.3, -0.25) is 9.52 Å². The Balaban J connectivity index is 1.87. The van der Waals surface area contributed by atoms with Crippen LogP contribution >= 0.6 is 22.9 Å². The van der Waals surface area contributed by atoms with Gasteiger partial charge in [-0.2, -0.15) is 0 Å². The third-order valence-corrected chi connectivity index (χ3v) is 6.48. The van der Waals surface area contributed by atoms with Crippen LogP contribution in [0.3, 0.4) is 0 Å². The number of hydrogen-bond donors (Lipinski definition) is 2. The van der Waals surface area contributed by atoms with Crippen LogP contribution in [0.2, 0.25) is 4.34 Å². The lowest BCUT2D eigenvalue weighted by Gasteiger charge is -2.14. The summed E-state index contributed by atoms with van der Waals surface area (Å²) in [6, 6.07) is 14.0. The molecule has 29 heavy (non-hydrogen) atoms. The maximum absolute atomic E-state index is 12.9. The summed E-state index contributed by atoms with van der Waals surface area (Å²) in [4.78, 5) is 12.6. The molecule has 3 aromatic rings. The molecule has 0 atom stereocenters. The van der Waals surface area contributed by atoms with Crippen LogP contribution in [-0.4, -0.2) is 28.5 Å². The summed E-state index contributed by atoms with van der Waals surface area (Å²) in [5.74, 6) is 0.352. The average Bonchev–Trinajstić information content (AvgIpc) is 3.15. The van der Waals surface area contributed by atoms with E-state index in [0.29, 0.717) is 26.3 Å². The van der Waals surface area contributed by atoms with Gasteiger partial charge in [-0.15, -0.1) is 11.3 Å². The van der Waals surface area contributed by atoms with Crippen molar-refractivity contribution in [3.05, 3.63) is 63.8 Å². The SMILES string of the molecule is COc1ccc(NS(=O)(=O)c2cc(NC(=O)c3ccc(Cl)s3)ccc2OC)cc1. The van der Waals surface area contributed by atoms with E-state index in [9.17, 15) is 13.2 Å². The minimum absolute atomic E-state index is 0.113. The molecule has 0 spiro atoms. The summed E-state index contributed by atoms with van der Waals surface area (Å²) < 4.78 is 39.0. The van der Waals surface area contributed by atoms with Gasteiger partial charge in [-0.1, -0.05) is 11.6 Å². The molecule has 0 radical (unpaired) electrons. The largest absolute Gasteiger partial charge is 0.497 e.